The first-order chi connectivity index (χ1) is 16.1. The molecule has 1 amide bonds. The van der Waals surface area contributed by atoms with E-state index in [2.05, 4.69) is 27.3 Å². The number of aliphatic carboxylic acids is 1. The predicted octanol–water partition coefficient (Wildman–Crippen LogP) is 4.21. The first kappa shape index (κ1) is 25.3. The van der Waals surface area contributed by atoms with Crippen LogP contribution in [0.15, 0.2) is 89.9 Å². The molecule has 7 heteroatoms. The molecular formula is C27H27N3NiO3+3. The first-order valence-corrected chi connectivity index (χ1v) is 11.1. The van der Waals surface area contributed by atoms with E-state index in [-0.39, 0.29) is 35.0 Å². The molecule has 0 aliphatic carbocycles. The van der Waals surface area contributed by atoms with Gasteiger partial charge in [-0.3, -0.25) is 19.5 Å². The van der Waals surface area contributed by atoms with Gasteiger partial charge in [0.05, 0.1) is 17.4 Å². The molecule has 1 aliphatic heterocycles. The molecule has 34 heavy (non-hydrogen) atoms. The summed E-state index contributed by atoms with van der Waals surface area (Å²) in [4.78, 5) is 31.1. The summed E-state index contributed by atoms with van der Waals surface area (Å²) in [5.74, 6) is -1.06. The van der Waals surface area contributed by atoms with Crippen LogP contribution in [-0.4, -0.2) is 46.7 Å². The number of carboxylic acids is 1. The van der Waals surface area contributed by atoms with Crippen molar-refractivity contribution >= 4 is 23.3 Å². The van der Waals surface area contributed by atoms with Gasteiger partial charge in [0.1, 0.15) is 6.54 Å². The molecular weight excluding hydrogens is 473 g/mol. The van der Waals surface area contributed by atoms with E-state index < -0.39 is 5.97 Å². The smallest absolute Gasteiger partial charge is 0.480 e. The van der Waals surface area contributed by atoms with Crippen LogP contribution >= 0.6 is 0 Å². The van der Waals surface area contributed by atoms with Crippen molar-refractivity contribution in [2.75, 3.05) is 18.4 Å². The van der Waals surface area contributed by atoms with Gasteiger partial charge in [0, 0.05) is 17.7 Å². The van der Waals surface area contributed by atoms with Gasteiger partial charge >= 0.3 is 22.5 Å². The topological polar surface area (TPSA) is 82.0 Å². The minimum atomic E-state index is -1.01. The second-order valence-corrected chi connectivity index (χ2v) is 8.07. The van der Waals surface area contributed by atoms with Crippen LogP contribution in [0.3, 0.4) is 0 Å². The molecule has 0 bridgehead atoms. The van der Waals surface area contributed by atoms with Gasteiger partial charge in [0.25, 0.3) is 0 Å². The van der Waals surface area contributed by atoms with Crippen LogP contribution in [0, 0.1) is 0 Å². The van der Waals surface area contributed by atoms with Gasteiger partial charge in [-0.1, -0.05) is 78.9 Å². The molecule has 0 aromatic heterocycles. The van der Waals surface area contributed by atoms with E-state index in [1.807, 2.05) is 72.8 Å². The number of benzene rings is 3. The molecule has 1 radical (unpaired) electrons. The van der Waals surface area contributed by atoms with Crippen molar-refractivity contribution in [3.8, 4) is 0 Å². The number of para-hydroxylation sites is 1. The SMILES string of the molecule is O=C(O)CN=C(c1ccccc1)c1ccccc1NC(=O)C1CCCN1Cc1ccccc1.[Ni+3]. The number of carbonyl (C=O) groups is 2. The normalized spacial score (nSPS) is 16.0. The van der Waals surface area contributed by atoms with Crippen LogP contribution in [0.4, 0.5) is 5.69 Å². The Kier molecular flexibility index (Phi) is 9.14. The molecule has 4 rings (SSSR count). The van der Waals surface area contributed by atoms with Crippen molar-refractivity contribution in [2.45, 2.75) is 25.4 Å². The summed E-state index contributed by atoms with van der Waals surface area (Å²) in [6.07, 6.45) is 1.78. The Morgan fingerprint density at radius 3 is 2.29 bits per heavy atom. The van der Waals surface area contributed by atoms with Crippen molar-refractivity contribution in [3.05, 3.63) is 102 Å². The Morgan fingerprint density at radius 2 is 1.59 bits per heavy atom. The summed E-state index contributed by atoms with van der Waals surface area (Å²) in [6.45, 7) is 1.26. The molecule has 1 atom stereocenters. The molecule has 1 saturated heterocycles. The largest absolute Gasteiger partial charge is 3.00 e. The third-order valence-corrected chi connectivity index (χ3v) is 5.75. The molecule has 0 saturated carbocycles. The van der Waals surface area contributed by atoms with Gasteiger partial charge < -0.3 is 10.4 Å². The number of likely N-dealkylation sites (tertiary alicyclic amines) is 1. The molecule has 175 valence electrons. The second kappa shape index (κ2) is 12.3. The van der Waals surface area contributed by atoms with E-state index in [0.29, 0.717) is 17.0 Å². The van der Waals surface area contributed by atoms with Crippen LogP contribution < -0.4 is 5.32 Å². The second-order valence-electron chi connectivity index (χ2n) is 8.07. The van der Waals surface area contributed by atoms with Crippen LogP contribution in [0.5, 0.6) is 0 Å². The van der Waals surface area contributed by atoms with Crippen molar-refractivity contribution in [1.82, 2.24) is 4.90 Å². The number of amides is 1. The van der Waals surface area contributed by atoms with Gasteiger partial charge in [0.2, 0.25) is 5.91 Å². The number of carbonyl (C=O) groups excluding carboxylic acids is 1. The van der Waals surface area contributed by atoms with Crippen molar-refractivity contribution in [2.24, 2.45) is 4.99 Å². The zero-order valence-corrected chi connectivity index (χ0v) is 19.7. The molecule has 1 aliphatic rings. The number of hydrogen-bond donors (Lipinski definition) is 2. The molecule has 2 N–H and O–H groups in total. The van der Waals surface area contributed by atoms with Gasteiger partial charge in [0.15, 0.2) is 0 Å². The van der Waals surface area contributed by atoms with Crippen LogP contribution in [-0.2, 0) is 32.6 Å². The van der Waals surface area contributed by atoms with Gasteiger partial charge in [-0.2, -0.15) is 0 Å². The van der Waals surface area contributed by atoms with E-state index in [4.69, 9.17) is 0 Å². The standard InChI is InChI=1S/C27H27N3O3.Ni/c31-25(32)18-28-26(21-12-5-2-6-13-21)22-14-7-8-15-23(22)29-27(33)24-16-9-17-30(24)19-20-10-3-1-4-11-20;/h1-8,10-15,24H,9,16-19H2,(H,29,33)(H,31,32);/q;+3. The van der Waals surface area contributed by atoms with Crippen LogP contribution in [0.2, 0.25) is 0 Å². The first-order valence-electron chi connectivity index (χ1n) is 11.1. The summed E-state index contributed by atoms with van der Waals surface area (Å²) in [5, 5.41) is 12.3. The molecule has 0 spiro atoms. The number of anilines is 1. The summed E-state index contributed by atoms with van der Waals surface area (Å²) in [7, 11) is 0. The fourth-order valence-corrected chi connectivity index (χ4v) is 4.22. The Balaban J connectivity index is 0.00000324. The van der Waals surface area contributed by atoms with Gasteiger partial charge in [-0.25, -0.2) is 0 Å². The number of rotatable bonds is 8. The average Bonchev–Trinajstić information content (AvgIpc) is 3.29. The number of nitrogens with zero attached hydrogens (tertiary/aromatic N) is 2. The van der Waals surface area contributed by atoms with Gasteiger partial charge in [-0.05, 0) is 31.0 Å². The molecule has 1 fully saturated rings. The van der Waals surface area contributed by atoms with E-state index in [0.717, 1.165) is 31.5 Å². The van der Waals surface area contributed by atoms with E-state index in [1.54, 1.807) is 0 Å². The van der Waals surface area contributed by atoms with Crippen LogP contribution in [0.25, 0.3) is 0 Å². The maximum absolute atomic E-state index is 13.3. The Labute approximate surface area is 209 Å². The van der Waals surface area contributed by atoms with Crippen molar-refractivity contribution in [3.63, 3.8) is 0 Å². The fraction of sp³-hybridized carbons (Fsp3) is 0.222. The predicted molar refractivity (Wildman–Crippen MR) is 130 cm³/mol. The van der Waals surface area contributed by atoms with E-state index in [1.165, 1.54) is 5.56 Å². The maximum atomic E-state index is 13.3. The van der Waals surface area contributed by atoms with E-state index in [9.17, 15) is 14.7 Å². The third-order valence-electron chi connectivity index (χ3n) is 5.75. The number of aliphatic imine (C=N–C) groups is 1. The summed E-state index contributed by atoms with van der Waals surface area (Å²) >= 11 is 0. The summed E-state index contributed by atoms with van der Waals surface area (Å²) in [6, 6.07) is 26.8. The molecule has 1 unspecified atom stereocenters. The third kappa shape index (κ3) is 6.40. The zero-order valence-electron chi connectivity index (χ0n) is 18.7. The van der Waals surface area contributed by atoms with Gasteiger partial charge in [-0.15, -0.1) is 0 Å². The maximum Gasteiger partial charge on any atom is 3.00 e. The molecule has 1 heterocycles. The fourth-order valence-electron chi connectivity index (χ4n) is 4.22. The Hall–Kier alpha value is -3.28. The zero-order chi connectivity index (χ0) is 23.0. The van der Waals surface area contributed by atoms with Crippen molar-refractivity contribution in [1.29, 1.82) is 0 Å². The quantitative estimate of drug-likeness (QED) is 0.359. The summed E-state index contributed by atoms with van der Waals surface area (Å²) in [5.41, 5.74) is 3.85. The molecule has 3 aromatic rings. The van der Waals surface area contributed by atoms with Crippen molar-refractivity contribution < 1.29 is 31.2 Å². The van der Waals surface area contributed by atoms with Crippen LogP contribution in [0.1, 0.15) is 29.5 Å². The van der Waals surface area contributed by atoms with E-state index >= 15 is 0 Å². The number of carboxylic acid groups (broad SMARTS) is 1. The monoisotopic (exact) mass is 499 g/mol. The Morgan fingerprint density at radius 1 is 0.941 bits per heavy atom. The Bertz CT molecular complexity index is 1140. The average molecular weight is 500 g/mol. The molecule has 3 aromatic carbocycles. The molecule has 6 nitrogen and oxygen atoms in total. The minimum absolute atomic E-state index is 0. The number of nitrogens with one attached hydrogen (secondary N) is 1. The number of hydrogen-bond acceptors (Lipinski definition) is 4. The summed E-state index contributed by atoms with van der Waals surface area (Å²) < 4.78 is 0. The minimum Gasteiger partial charge on any atom is -0.480 e.